The number of carbonyl (C=O) groups is 2. The number of nitrogens with zero attached hydrogens (tertiary/aromatic N) is 2. The molecule has 22 heavy (non-hydrogen) atoms. The van der Waals surface area contributed by atoms with Crippen LogP contribution < -0.4 is 20.3 Å². The van der Waals surface area contributed by atoms with E-state index in [2.05, 4.69) is 15.6 Å². The molecule has 1 fully saturated rings. The smallest absolute Gasteiger partial charge is 0.404 e. The second-order valence-corrected chi connectivity index (χ2v) is 5.63. The van der Waals surface area contributed by atoms with Crippen molar-refractivity contribution in [3.8, 4) is 5.75 Å². The molecule has 3 N–H and O–H groups in total. The number of anilines is 2. The Bertz CT molecular complexity index is 607. The van der Waals surface area contributed by atoms with Crippen LogP contribution in [0.1, 0.15) is 12.8 Å². The first-order chi connectivity index (χ1) is 10.5. The molecule has 2 unspecified atom stereocenters. The summed E-state index contributed by atoms with van der Waals surface area (Å²) < 4.78 is 5.28. The van der Waals surface area contributed by atoms with E-state index in [0.717, 1.165) is 12.8 Å². The zero-order valence-electron chi connectivity index (χ0n) is 12.2. The van der Waals surface area contributed by atoms with Gasteiger partial charge in [-0.3, -0.25) is 4.79 Å². The molecule has 0 saturated heterocycles. The number of aromatic nitrogens is 1. The molecule has 118 valence electrons. The lowest BCUT2D eigenvalue weighted by atomic mass is 9.79. The molecule has 0 bridgehead atoms. The summed E-state index contributed by atoms with van der Waals surface area (Å²) >= 11 is 0. The van der Waals surface area contributed by atoms with Crippen molar-refractivity contribution in [1.82, 2.24) is 10.3 Å². The Morgan fingerprint density at radius 1 is 1.55 bits per heavy atom. The number of carbonyl (C=O) groups excluding carboxylic acids is 1. The molecular weight excluding hydrogens is 288 g/mol. The van der Waals surface area contributed by atoms with Crippen molar-refractivity contribution in [1.29, 1.82) is 0 Å². The Hall–Kier alpha value is -2.51. The van der Waals surface area contributed by atoms with E-state index in [1.165, 1.54) is 0 Å². The molecule has 2 atom stereocenters. The van der Waals surface area contributed by atoms with E-state index in [-0.39, 0.29) is 24.5 Å². The maximum absolute atomic E-state index is 11.3. The molecule has 2 heterocycles. The standard InChI is InChI=1S/C14H18N4O4/c1-18(6-8-2-3-9(8)15-14(20)21)11-5-4-10-13(16-11)17-12(19)7-22-10/h4-5,8-9,15H,2-3,6-7H2,1H3,(H,20,21)(H,16,17,19). The van der Waals surface area contributed by atoms with Gasteiger partial charge in [-0.05, 0) is 30.9 Å². The lowest BCUT2D eigenvalue weighted by Gasteiger charge is -2.39. The number of ether oxygens (including phenoxy) is 1. The van der Waals surface area contributed by atoms with Crippen LogP contribution in [0.4, 0.5) is 16.4 Å². The minimum Gasteiger partial charge on any atom is -0.480 e. The molecular formula is C14H18N4O4. The monoisotopic (exact) mass is 306 g/mol. The maximum atomic E-state index is 11.3. The number of pyridine rings is 1. The molecule has 0 aromatic carbocycles. The van der Waals surface area contributed by atoms with Gasteiger partial charge in [0.25, 0.3) is 5.91 Å². The molecule has 8 nitrogen and oxygen atoms in total. The average molecular weight is 306 g/mol. The quantitative estimate of drug-likeness (QED) is 0.763. The van der Waals surface area contributed by atoms with Gasteiger partial charge in [-0.1, -0.05) is 0 Å². The summed E-state index contributed by atoms with van der Waals surface area (Å²) in [5.74, 6) is 1.75. The van der Waals surface area contributed by atoms with Crippen LogP contribution in [0.15, 0.2) is 12.1 Å². The second-order valence-electron chi connectivity index (χ2n) is 5.63. The number of hydrogen-bond acceptors (Lipinski definition) is 5. The lowest BCUT2D eigenvalue weighted by Crippen LogP contribution is -2.50. The van der Waals surface area contributed by atoms with Gasteiger partial charge in [-0.15, -0.1) is 0 Å². The van der Waals surface area contributed by atoms with Crippen LogP contribution in [-0.2, 0) is 4.79 Å². The Morgan fingerprint density at radius 3 is 3.05 bits per heavy atom. The third-order valence-corrected chi connectivity index (χ3v) is 4.09. The van der Waals surface area contributed by atoms with Crippen molar-refractivity contribution in [2.75, 3.05) is 30.4 Å². The molecule has 1 aromatic rings. The van der Waals surface area contributed by atoms with Crippen LogP contribution in [0.2, 0.25) is 0 Å². The van der Waals surface area contributed by atoms with Crippen LogP contribution in [-0.4, -0.2) is 48.3 Å². The van der Waals surface area contributed by atoms with Crippen LogP contribution in [0.25, 0.3) is 0 Å². The Kier molecular flexibility index (Phi) is 3.74. The predicted octanol–water partition coefficient (Wildman–Crippen LogP) is 0.895. The zero-order chi connectivity index (χ0) is 15.7. The van der Waals surface area contributed by atoms with Crippen LogP contribution in [0.5, 0.6) is 5.75 Å². The molecule has 1 saturated carbocycles. The Balaban J connectivity index is 1.65. The van der Waals surface area contributed by atoms with E-state index in [9.17, 15) is 9.59 Å². The third kappa shape index (κ3) is 2.90. The van der Waals surface area contributed by atoms with Crippen LogP contribution in [0.3, 0.4) is 0 Å². The van der Waals surface area contributed by atoms with E-state index < -0.39 is 6.09 Å². The summed E-state index contributed by atoms with van der Waals surface area (Å²) in [6.45, 7) is 0.708. The van der Waals surface area contributed by atoms with Gasteiger partial charge in [0.1, 0.15) is 5.82 Å². The van der Waals surface area contributed by atoms with E-state index >= 15 is 0 Å². The number of fused-ring (bicyclic) bond motifs is 1. The van der Waals surface area contributed by atoms with Gasteiger partial charge in [-0.25, -0.2) is 9.78 Å². The van der Waals surface area contributed by atoms with Gasteiger partial charge >= 0.3 is 6.09 Å². The van der Waals surface area contributed by atoms with Crippen molar-refractivity contribution >= 4 is 23.6 Å². The average Bonchev–Trinajstić information content (AvgIpc) is 2.48. The molecule has 0 spiro atoms. The molecule has 1 aliphatic heterocycles. The Morgan fingerprint density at radius 2 is 2.36 bits per heavy atom. The number of carboxylic acid groups (broad SMARTS) is 1. The molecule has 1 aliphatic carbocycles. The molecule has 2 aliphatic rings. The number of rotatable bonds is 4. The summed E-state index contributed by atoms with van der Waals surface area (Å²) in [4.78, 5) is 28.4. The molecule has 3 rings (SSSR count). The first-order valence-electron chi connectivity index (χ1n) is 7.17. The molecule has 1 aromatic heterocycles. The topological polar surface area (TPSA) is 104 Å². The van der Waals surface area contributed by atoms with Crippen molar-refractivity contribution in [3.63, 3.8) is 0 Å². The summed E-state index contributed by atoms with van der Waals surface area (Å²) in [5, 5.41) is 14.0. The second kappa shape index (κ2) is 5.70. The minimum atomic E-state index is -0.982. The Labute approximate surface area is 127 Å². The van der Waals surface area contributed by atoms with Crippen molar-refractivity contribution in [2.45, 2.75) is 18.9 Å². The predicted molar refractivity (Wildman–Crippen MR) is 79.3 cm³/mol. The number of hydrogen-bond donors (Lipinski definition) is 3. The highest BCUT2D eigenvalue weighted by Crippen LogP contribution is 2.31. The van der Waals surface area contributed by atoms with E-state index in [1.807, 2.05) is 18.0 Å². The van der Waals surface area contributed by atoms with Crippen molar-refractivity contribution < 1.29 is 19.4 Å². The van der Waals surface area contributed by atoms with E-state index in [0.29, 0.717) is 23.9 Å². The minimum absolute atomic E-state index is 0.000568. The summed E-state index contributed by atoms with van der Waals surface area (Å²) in [6.07, 6.45) is 0.871. The van der Waals surface area contributed by atoms with Gasteiger partial charge in [0, 0.05) is 19.6 Å². The van der Waals surface area contributed by atoms with Gasteiger partial charge < -0.3 is 25.4 Å². The maximum Gasteiger partial charge on any atom is 0.404 e. The van der Waals surface area contributed by atoms with Gasteiger partial charge in [0.15, 0.2) is 18.2 Å². The van der Waals surface area contributed by atoms with Crippen molar-refractivity contribution in [2.24, 2.45) is 5.92 Å². The van der Waals surface area contributed by atoms with Crippen molar-refractivity contribution in [3.05, 3.63) is 12.1 Å². The highest BCUT2D eigenvalue weighted by Gasteiger charge is 2.33. The van der Waals surface area contributed by atoms with E-state index in [1.54, 1.807) is 6.07 Å². The zero-order valence-corrected chi connectivity index (χ0v) is 12.2. The number of nitrogens with one attached hydrogen (secondary N) is 2. The molecule has 8 heteroatoms. The highest BCUT2D eigenvalue weighted by molar-refractivity contribution is 5.94. The first kappa shape index (κ1) is 14.4. The SMILES string of the molecule is CN(CC1CCC1NC(=O)O)c1ccc2c(n1)NC(=O)CO2. The molecule has 0 radical (unpaired) electrons. The molecule has 2 amide bonds. The summed E-state index contributed by atoms with van der Waals surface area (Å²) in [6, 6.07) is 3.61. The van der Waals surface area contributed by atoms with Gasteiger partial charge in [0.05, 0.1) is 0 Å². The fourth-order valence-corrected chi connectivity index (χ4v) is 2.75. The highest BCUT2D eigenvalue weighted by atomic mass is 16.5. The fraction of sp³-hybridized carbons (Fsp3) is 0.500. The largest absolute Gasteiger partial charge is 0.480 e. The summed E-state index contributed by atoms with van der Waals surface area (Å²) in [5.41, 5.74) is 0. The van der Waals surface area contributed by atoms with Crippen LogP contribution in [0, 0.1) is 5.92 Å². The summed E-state index contributed by atoms with van der Waals surface area (Å²) in [7, 11) is 1.90. The fourth-order valence-electron chi connectivity index (χ4n) is 2.75. The van der Waals surface area contributed by atoms with E-state index in [4.69, 9.17) is 9.84 Å². The van der Waals surface area contributed by atoms with Gasteiger partial charge in [0.2, 0.25) is 0 Å². The van der Waals surface area contributed by atoms with Crippen LogP contribution >= 0.6 is 0 Å². The first-order valence-corrected chi connectivity index (χ1v) is 7.17. The third-order valence-electron chi connectivity index (χ3n) is 4.09. The number of amides is 2. The normalized spacial score (nSPS) is 22.7. The van der Waals surface area contributed by atoms with Gasteiger partial charge in [-0.2, -0.15) is 0 Å². The lowest BCUT2D eigenvalue weighted by molar-refractivity contribution is -0.118.